The van der Waals surface area contributed by atoms with Crippen LogP contribution in [-0.2, 0) is 24.2 Å². The summed E-state index contributed by atoms with van der Waals surface area (Å²) < 4.78 is 38.6. The number of hydrogen-bond acceptors (Lipinski definition) is 5. The third-order valence-corrected chi connectivity index (χ3v) is 4.02. The van der Waals surface area contributed by atoms with Gasteiger partial charge in [-0.2, -0.15) is 10.1 Å². The predicted molar refractivity (Wildman–Crippen MR) is 79.5 cm³/mol. The van der Waals surface area contributed by atoms with Crippen LogP contribution in [0.25, 0.3) is 17.3 Å². The Morgan fingerprint density at radius 3 is 2.92 bits per heavy atom. The Labute approximate surface area is 136 Å². The second-order valence-corrected chi connectivity index (χ2v) is 5.59. The Bertz CT molecular complexity index is 904. The monoisotopic (exact) mass is 332 g/mol. The molecule has 1 aliphatic rings. The molecule has 0 N–H and O–H groups in total. The van der Waals surface area contributed by atoms with E-state index in [2.05, 4.69) is 15.2 Å². The molecule has 4 rings (SSSR count). The summed E-state index contributed by atoms with van der Waals surface area (Å²) in [5.74, 6) is -1.05. The van der Waals surface area contributed by atoms with Crippen LogP contribution in [0.5, 0.6) is 0 Å². The van der Waals surface area contributed by atoms with Gasteiger partial charge in [-0.05, 0) is 31.4 Å². The van der Waals surface area contributed by atoms with Crippen LogP contribution in [0.3, 0.4) is 0 Å². The standard InChI is InChI=1S/C16H14F2N4O2/c1-23-8-14-19-16(24-21-14)15-10-3-2-4-13(10)22(20-15)9-5-6-11(17)12(18)7-9/h5-7H,2-4,8H2,1H3. The highest BCUT2D eigenvalue weighted by Gasteiger charge is 2.27. The maximum absolute atomic E-state index is 13.6. The average molecular weight is 332 g/mol. The lowest BCUT2D eigenvalue weighted by atomic mass is 10.2. The Morgan fingerprint density at radius 1 is 1.25 bits per heavy atom. The summed E-state index contributed by atoms with van der Waals surface area (Å²) in [5, 5.41) is 8.35. The maximum Gasteiger partial charge on any atom is 0.278 e. The number of hydrogen-bond donors (Lipinski definition) is 0. The van der Waals surface area contributed by atoms with Crippen molar-refractivity contribution in [3.63, 3.8) is 0 Å². The van der Waals surface area contributed by atoms with Crippen molar-refractivity contribution in [2.24, 2.45) is 0 Å². The second-order valence-electron chi connectivity index (χ2n) is 5.59. The Kier molecular flexibility index (Phi) is 3.61. The van der Waals surface area contributed by atoms with Crippen LogP contribution in [0.1, 0.15) is 23.5 Å². The lowest BCUT2D eigenvalue weighted by Crippen LogP contribution is -2.02. The number of halogens is 2. The molecule has 0 radical (unpaired) electrons. The fourth-order valence-electron chi connectivity index (χ4n) is 2.98. The highest BCUT2D eigenvalue weighted by molar-refractivity contribution is 5.58. The van der Waals surface area contributed by atoms with Gasteiger partial charge in [-0.25, -0.2) is 13.5 Å². The fourth-order valence-corrected chi connectivity index (χ4v) is 2.98. The quantitative estimate of drug-likeness (QED) is 0.735. The van der Waals surface area contributed by atoms with Crippen LogP contribution in [0, 0.1) is 11.6 Å². The van der Waals surface area contributed by atoms with Crippen molar-refractivity contribution in [1.29, 1.82) is 0 Å². The van der Waals surface area contributed by atoms with Gasteiger partial charge in [-0.1, -0.05) is 5.16 Å². The van der Waals surface area contributed by atoms with Crippen molar-refractivity contribution in [3.8, 4) is 17.3 Å². The summed E-state index contributed by atoms with van der Waals surface area (Å²) >= 11 is 0. The molecule has 0 saturated heterocycles. The van der Waals surface area contributed by atoms with Gasteiger partial charge < -0.3 is 9.26 Å². The largest absolute Gasteiger partial charge is 0.377 e. The molecule has 0 bridgehead atoms. The van der Waals surface area contributed by atoms with E-state index in [1.165, 1.54) is 6.07 Å². The first-order valence-electron chi connectivity index (χ1n) is 7.55. The second kappa shape index (κ2) is 5.79. The molecule has 24 heavy (non-hydrogen) atoms. The van der Waals surface area contributed by atoms with Crippen LogP contribution in [-0.4, -0.2) is 27.0 Å². The molecule has 124 valence electrons. The minimum atomic E-state index is -0.906. The van der Waals surface area contributed by atoms with E-state index < -0.39 is 11.6 Å². The summed E-state index contributed by atoms with van der Waals surface area (Å²) in [7, 11) is 1.55. The van der Waals surface area contributed by atoms with Crippen LogP contribution < -0.4 is 0 Å². The SMILES string of the molecule is COCc1noc(-c2nn(-c3ccc(F)c(F)c3)c3c2CCC3)n1. The normalized spacial score (nSPS) is 13.5. The molecule has 6 nitrogen and oxygen atoms in total. The fraction of sp³-hybridized carbons (Fsp3) is 0.312. The van der Waals surface area contributed by atoms with Crippen LogP contribution in [0.2, 0.25) is 0 Å². The van der Waals surface area contributed by atoms with Gasteiger partial charge in [-0.15, -0.1) is 0 Å². The van der Waals surface area contributed by atoms with E-state index in [0.29, 0.717) is 23.1 Å². The molecule has 0 saturated carbocycles. The first kappa shape index (κ1) is 14.9. The van der Waals surface area contributed by atoms with Gasteiger partial charge in [-0.3, -0.25) is 0 Å². The summed E-state index contributed by atoms with van der Waals surface area (Å²) in [4.78, 5) is 4.27. The zero-order chi connectivity index (χ0) is 16.7. The Balaban J connectivity index is 1.80. The van der Waals surface area contributed by atoms with E-state index in [-0.39, 0.29) is 6.61 Å². The van der Waals surface area contributed by atoms with Gasteiger partial charge >= 0.3 is 0 Å². The van der Waals surface area contributed by atoms with Crippen LogP contribution in [0.4, 0.5) is 8.78 Å². The van der Waals surface area contributed by atoms with Crippen molar-refractivity contribution < 1.29 is 18.0 Å². The van der Waals surface area contributed by atoms with Crippen molar-refractivity contribution in [2.45, 2.75) is 25.9 Å². The number of ether oxygens (including phenoxy) is 1. The molecule has 0 unspecified atom stereocenters. The molecule has 8 heteroatoms. The number of nitrogens with zero attached hydrogens (tertiary/aromatic N) is 4. The molecule has 1 aliphatic carbocycles. The van der Waals surface area contributed by atoms with E-state index >= 15 is 0 Å². The van der Waals surface area contributed by atoms with E-state index in [0.717, 1.165) is 42.7 Å². The van der Waals surface area contributed by atoms with E-state index in [1.54, 1.807) is 11.8 Å². The first-order valence-corrected chi connectivity index (χ1v) is 7.55. The van der Waals surface area contributed by atoms with Crippen LogP contribution >= 0.6 is 0 Å². The van der Waals surface area contributed by atoms with Gasteiger partial charge in [0.05, 0.1) is 5.69 Å². The smallest absolute Gasteiger partial charge is 0.278 e. The molecule has 3 aromatic rings. The van der Waals surface area contributed by atoms with Crippen LogP contribution in [0.15, 0.2) is 22.7 Å². The molecule has 0 spiro atoms. The minimum absolute atomic E-state index is 0.246. The molecule has 0 atom stereocenters. The van der Waals surface area contributed by atoms with Crippen molar-refractivity contribution in [3.05, 3.63) is 46.9 Å². The molecule has 2 heterocycles. The third-order valence-electron chi connectivity index (χ3n) is 4.02. The highest BCUT2D eigenvalue weighted by Crippen LogP contribution is 2.33. The minimum Gasteiger partial charge on any atom is -0.377 e. The van der Waals surface area contributed by atoms with Crippen molar-refractivity contribution in [2.75, 3.05) is 7.11 Å². The summed E-state index contributed by atoms with van der Waals surface area (Å²) in [6.07, 6.45) is 2.60. The van der Waals surface area contributed by atoms with Gasteiger partial charge in [0.1, 0.15) is 6.61 Å². The maximum atomic E-state index is 13.6. The average Bonchev–Trinajstić information content (AvgIpc) is 3.26. The first-order chi connectivity index (χ1) is 11.7. The molecular weight excluding hydrogens is 318 g/mol. The van der Waals surface area contributed by atoms with Gasteiger partial charge in [0, 0.05) is 24.4 Å². The lowest BCUT2D eigenvalue weighted by Gasteiger charge is -2.05. The predicted octanol–water partition coefficient (Wildman–Crippen LogP) is 2.84. The molecule has 0 aliphatic heterocycles. The Morgan fingerprint density at radius 2 is 2.12 bits per heavy atom. The zero-order valence-electron chi connectivity index (χ0n) is 12.9. The number of rotatable bonds is 4. The van der Waals surface area contributed by atoms with Gasteiger partial charge in [0.25, 0.3) is 5.89 Å². The topological polar surface area (TPSA) is 66.0 Å². The van der Waals surface area contributed by atoms with E-state index in [1.807, 2.05) is 0 Å². The van der Waals surface area contributed by atoms with Crippen molar-refractivity contribution in [1.82, 2.24) is 19.9 Å². The Hall–Kier alpha value is -2.61. The number of aromatic nitrogens is 4. The van der Waals surface area contributed by atoms with Crippen molar-refractivity contribution >= 4 is 0 Å². The van der Waals surface area contributed by atoms with E-state index in [9.17, 15) is 8.78 Å². The third kappa shape index (κ3) is 2.39. The molecule has 1 aromatic carbocycles. The number of benzene rings is 1. The zero-order valence-corrected chi connectivity index (χ0v) is 12.9. The number of fused-ring (bicyclic) bond motifs is 1. The summed E-state index contributed by atoms with van der Waals surface area (Å²) in [5.41, 5.74) is 3.02. The molecule has 0 fully saturated rings. The molecule has 2 aromatic heterocycles. The number of methoxy groups -OCH3 is 1. The van der Waals surface area contributed by atoms with Gasteiger partial charge in [0.15, 0.2) is 23.2 Å². The lowest BCUT2D eigenvalue weighted by molar-refractivity contribution is 0.174. The summed E-state index contributed by atoms with van der Waals surface area (Å²) in [6, 6.07) is 3.73. The highest BCUT2D eigenvalue weighted by atomic mass is 19.2. The molecule has 0 amide bonds. The van der Waals surface area contributed by atoms with E-state index in [4.69, 9.17) is 9.26 Å². The summed E-state index contributed by atoms with van der Waals surface area (Å²) in [6.45, 7) is 0.246. The molecular formula is C16H14F2N4O2. The van der Waals surface area contributed by atoms with Gasteiger partial charge in [0.2, 0.25) is 0 Å².